The third-order valence-corrected chi connectivity index (χ3v) is 2.53. The molecule has 4 N–H and O–H groups in total. The molecule has 6 nitrogen and oxygen atoms in total. The van der Waals surface area contributed by atoms with E-state index in [0.29, 0.717) is 0 Å². The van der Waals surface area contributed by atoms with E-state index < -0.39 is 21.6 Å². The van der Waals surface area contributed by atoms with E-state index in [1.54, 1.807) is 13.8 Å². The monoisotopic (exact) mass is 422 g/mol. The van der Waals surface area contributed by atoms with Crippen molar-refractivity contribution in [2.75, 3.05) is 13.2 Å². The van der Waals surface area contributed by atoms with E-state index in [1.165, 1.54) is 0 Å². The van der Waals surface area contributed by atoms with Gasteiger partial charge >= 0.3 is 11.9 Å². The zero-order valence-corrected chi connectivity index (χ0v) is 14.9. The third kappa shape index (κ3) is 30.7. The Morgan fingerprint density at radius 3 is 1.10 bits per heavy atom. The van der Waals surface area contributed by atoms with Crippen molar-refractivity contribution in [1.29, 1.82) is 0 Å². The van der Waals surface area contributed by atoms with Gasteiger partial charge in [0.15, 0.2) is 0 Å². The molecular weight excluding hydrogens is 400 g/mol. The van der Waals surface area contributed by atoms with Crippen molar-refractivity contribution in [2.24, 2.45) is 0 Å². The Hall–Kier alpha value is -0.180. The predicted octanol–water partition coefficient (Wildman–Crippen LogP) is 2.24. The van der Waals surface area contributed by atoms with E-state index >= 15 is 0 Å². The minimum Gasteiger partial charge on any atom is -0.480 e. The van der Waals surface area contributed by atoms with Gasteiger partial charge in [-0.1, -0.05) is 44.7 Å². The number of alkyl halides is 2. The largest absolute Gasteiger partial charge is 0.480 e. The number of carboxylic acid groups (broad SMARTS) is 2. The second kappa shape index (κ2) is 18.8. The molecule has 0 aromatic heterocycles. The molecule has 0 amide bonds. The average molecular weight is 424 g/mol. The van der Waals surface area contributed by atoms with Gasteiger partial charge in [-0.3, -0.25) is 9.59 Å². The van der Waals surface area contributed by atoms with Crippen molar-refractivity contribution in [3.05, 3.63) is 0 Å². The highest BCUT2D eigenvalue weighted by atomic mass is 79.9. The number of aliphatic carboxylic acids is 2. The summed E-state index contributed by atoms with van der Waals surface area (Å²) in [6.45, 7) is 3.68. The first-order valence-corrected chi connectivity index (χ1v) is 7.99. The Bertz CT molecular complexity index is 210. The van der Waals surface area contributed by atoms with E-state index in [-0.39, 0.29) is 13.2 Å². The van der Waals surface area contributed by atoms with Gasteiger partial charge < -0.3 is 20.4 Å². The molecule has 2 atom stereocenters. The highest BCUT2D eigenvalue weighted by Crippen LogP contribution is 1.96. The van der Waals surface area contributed by atoms with Crippen molar-refractivity contribution in [2.45, 2.75) is 49.2 Å². The topological polar surface area (TPSA) is 115 Å². The molecule has 0 saturated carbocycles. The summed E-state index contributed by atoms with van der Waals surface area (Å²) in [6, 6.07) is 0. The first kappa shape index (κ1) is 24.8. The smallest absolute Gasteiger partial charge is 0.316 e. The van der Waals surface area contributed by atoms with Crippen LogP contribution in [0, 0.1) is 0 Å². The number of carbonyl (C=O) groups is 2. The fourth-order valence-corrected chi connectivity index (χ4v) is 0.577. The quantitative estimate of drug-likeness (QED) is 0.368. The Morgan fingerprint density at radius 1 is 0.800 bits per heavy atom. The molecule has 0 saturated heterocycles. The van der Waals surface area contributed by atoms with Crippen LogP contribution in [0.15, 0.2) is 0 Å². The molecule has 122 valence electrons. The van der Waals surface area contributed by atoms with Gasteiger partial charge in [-0.2, -0.15) is 0 Å². The Labute approximate surface area is 136 Å². The molecule has 0 aliphatic carbocycles. The second-order valence-corrected chi connectivity index (χ2v) is 6.52. The number of unbranched alkanes of at least 4 members (excludes halogenated alkanes) is 3. The van der Waals surface area contributed by atoms with Gasteiger partial charge in [-0.05, 0) is 26.7 Å². The maximum absolute atomic E-state index is 9.65. The lowest BCUT2D eigenvalue weighted by atomic mass is 10.2. The van der Waals surface area contributed by atoms with Crippen LogP contribution in [-0.2, 0) is 9.59 Å². The van der Waals surface area contributed by atoms with Crippen LogP contribution in [0.5, 0.6) is 0 Å². The molecule has 20 heavy (non-hydrogen) atoms. The fraction of sp³-hybridized carbons (Fsp3) is 0.833. The summed E-state index contributed by atoms with van der Waals surface area (Å²) in [6.07, 6.45) is 3.83. The SMILES string of the molecule is CC(Br)C(=O)O.CC(Br)C(=O)O.OCCCCCCO. The van der Waals surface area contributed by atoms with Gasteiger partial charge in [0.25, 0.3) is 0 Å². The van der Waals surface area contributed by atoms with Crippen LogP contribution in [0.25, 0.3) is 0 Å². The van der Waals surface area contributed by atoms with Gasteiger partial charge in [0.05, 0.1) is 0 Å². The summed E-state index contributed by atoms with van der Waals surface area (Å²) in [5.74, 6) is -1.65. The minimum absolute atomic E-state index is 0.283. The second-order valence-electron chi connectivity index (χ2n) is 3.77. The molecular formula is C12H24Br2O6. The summed E-state index contributed by atoms with van der Waals surface area (Å²) in [7, 11) is 0. The van der Waals surface area contributed by atoms with Crippen LogP contribution in [0.4, 0.5) is 0 Å². The van der Waals surface area contributed by atoms with Gasteiger partial charge in [0.2, 0.25) is 0 Å². The molecule has 8 heteroatoms. The zero-order chi connectivity index (χ0) is 16.6. The summed E-state index contributed by atoms with van der Waals surface area (Å²) in [5, 5.41) is 32.5. The number of carboxylic acids is 2. The Morgan fingerprint density at radius 2 is 1.00 bits per heavy atom. The van der Waals surface area contributed by atoms with E-state index in [0.717, 1.165) is 25.7 Å². The highest BCUT2D eigenvalue weighted by molar-refractivity contribution is 9.10. The fourth-order valence-electron chi connectivity index (χ4n) is 0.577. The third-order valence-electron chi connectivity index (χ3n) is 1.75. The van der Waals surface area contributed by atoms with Crippen LogP contribution in [0.1, 0.15) is 39.5 Å². The van der Waals surface area contributed by atoms with Crippen molar-refractivity contribution in [1.82, 2.24) is 0 Å². The number of halogens is 2. The van der Waals surface area contributed by atoms with E-state index in [2.05, 4.69) is 31.9 Å². The Kier molecular flexibility index (Phi) is 23.3. The number of rotatable bonds is 7. The molecule has 0 aromatic carbocycles. The zero-order valence-electron chi connectivity index (χ0n) is 11.8. The summed E-state index contributed by atoms with van der Waals surface area (Å²) >= 11 is 5.68. The molecule has 0 heterocycles. The number of aliphatic hydroxyl groups is 2. The first-order chi connectivity index (χ1) is 9.20. The normalized spacial score (nSPS) is 12.1. The van der Waals surface area contributed by atoms with Gasteiger partial charge in [0.1, 0.15) is 9.65 Å². The minimum atomic E-state index is -0.824. The maximum Gasteiger partial charge on any atom is 0.316 e. The molecule has 2 unspecified atom stereocenters. The van der Waals surface area contributed by atoms with E-state index in [9.17, 15) is 9.59 Å². The van der Waals surface area contributed by atoms with Crippen molar-refractivity contribution in [3.8, 4) is 0 Å². The molecule has 0 aliphatic rings. The Balaban J connectivity index is -0.000000221. The molecule has 0 aromatic rings. The summed E-state index contributed by atoms with van der Waals surface area (Å²) < 4.78 is 0. The lowest BCUT2D eigenvalue weighted by Crippen LogP contribution is -2.06. The molecule has 0 bridgehead atoms. The average Bonchev–Trinajstić information content (AvgIpc) is 2.36. The lowest BCUT2D eigenvalue weighted by Gasteiger charge is -1.93. The summed E-state index contributed by atoms with van der Waals surface area (Å²) in [5.41, 5.74) is 0. The van der Waals surface area contributed by atoms with Gasteiger partial charge in [0, 0.05) is 13.2 Å². The molecule has 0 aliphatic heterocycles. The van der Waals surface area contributed by atoms with Crippen LogP contribution in [0.2, 0.25) is 0 Å². The lowest BCUT2D eigenvalue weighted by molar-refractivity contribution is -0.136. The number of hydrogen-bond donors (Lipinski definition) is 4. The summed E-state index contributed by atoms with van der Waals surface area (Å²) in [4.78, 5) is 18.5. The van der Waals surface area contributed by atoms with Gasteiger partial charge in [-0.15, -0.1) is 0 Å². The van der Waals surface area contributed by atoms with E-state index in [1.807, 2.05) is 0 Å². The predicted molar refractivity (Wildman–Crippen MR) is 84.7 cm³/mol. The molecule has 0 spiro atoms. The molecule has 0 rings (SSSR count). The van der Waals surface area contributed by atoms with Crippen molar-refractivity contribution in [3.63, 3.8) is 0 Å². The van der Waals surface area contributed by atoms with Crippen molar-refractivity contribution < 1.29 is 30.0 Å². The molecule has 0 fully saturated rings. The standard InChI is InChI=1S/C6H14O2.2C3H5BrO2/c7-5-3-1-2-4-6-8;2*1-2(4)3(5)6/h7-8H,1-6H2;2*2H,1H3,(H,5,6). The van der Waals surface area contributed by atoms with Crippen LogP contribution in [0.3, 0.4) is 0 Å². The maximum atomic E-state index is 9.65. The van der Waals surface area contributed by atoms with Crippen LogP contribution in [-0.4, -0.2) is 55.2 Å². The number of hydrogen-bond acceptors (Lipinski definition) is 4. The van der Waals surface area contributed by atoms with Crippen molar-refractivity contribution >= 4 is 43.8 Å². The number of aliphatic hydroxyl groups excluding tert-OH is 2. The van der Waals surface area contributed by atoms with E-state index in [4.69, 9.17) is 20.4 Å². The van der Waals surface area contributed by atoms with Crippen LogP contribution < -0.4 is 0 Å². The molecule has 0 radical (unpaired) electrons. The van der Waals surface area contributed by atoms with Crippen LogP contribution >= 0.6 is 31.9 Å². The first-order valence-electron chi connectivity index (χ1n) is 6.16. The van der Waals surface area contributed by atoms with Gasteiger partial charge in [-0.25, -0.2) is 0 Å². The highest BCUT2D eigenvalue weighted by Gasteiger charge is 2.02.